The monoisotopic (exact) mass is 275 g/mol. The molecule has 1 heterocycles. The quantitative estimate of drug-likeness (QED) is 0.843. The van der Waals surface area contributed by atoms with E-state index in [1.165, 1.54) is 0 Å². The van der Waals surface area contributed by atoms with Crippen molar-refractivity contribution < 1.29 is 4.79 Å². The number of anilines is 1. The van der Waals surface area contributed by atoms with Crippen LogP contribution in [0.5, 0.6) is 0 Å². The maximum Gasteiger partial charge on any atom is 0.253 e. The number of nitrogen functional groups attached to an aromatic ring is 1. The lowest BCUT2D eigenvalue weighted by Crippen LogP contribution is -2.28. The highest BCUT2D eigenvalue weighted by molar-refractivity contribution is 7.09. The van der Waals surface area contributed by atoms with Crippen molar-refractivity contribution >= 4 is 22.9 Å². The van der Waals surface area contributed by atoms with Gasteiger partial charge in [-0.2, -0.15) is 0 Å². The highest BCUT2D eigenvalue weighted by Crippen LogP contribution is 2.18. The van der Waals surface area contributed by atoms with Gasteiger partial charge in [0.25, 0.3) is 5.91 Å². The van der Waals surface area contributed by atoms with Gasteiger partial charge in [0.2, 0.25) is 0 Å². The molecule has 0 bridgehead atoms. The van der Waals surface area contributed by atoms with Crippen LogP contribution in [0, 0.1) is 6.92 Å². The second kappa shape index (κ2) is 5.84. The zero-order chi connectivity index (χ0) is 13.8. The van der Waals surface area contributed by atoms with Crippen molar-refractivity contribution in [3.63, 3.8) is 0 Å². The van der Waals surface area contributed by atoms with Crippen LogP contribution in [0.1, 0.15) is 33.8 Å². The van der Waals surface area contributed by atoms with Gasteiger partial charge in [0.05, 0.1) is 10.6 Å². The number of hydrogen-bond acceptors (Lipinski definition) is 4. The highest BCUT2D eigenvalue weighted by atomic mass is 32.1. The van der Waals surface area contributed by atoms with E-state index in [0.717, 1.165) is 10.6 Å². The molecule has 0 radical (unpaired) electrons. The van der Waals surface area contributed by atoms with Gasteiger partial charge in [0.15, 0.2) is 0 Å². The Kier molecular flexibility index (Phi) is 4.16. The van der Waals surface area contributed by atoms with Crippen molar-refractivity contribution in [3.05, 3.63) is 45.9 Å². The zero-order valence-electron chi connectivity index (χ0n) is 11.0. The van der Waals surface area contributed by atoms with Crippen LogP contribution in [-0.2, 0) is 0 Å². The summed E-state index contributed by atoms with van der Waals surface area (Å²) in [5.74, 6) is 0.0691. The molecule has 3 N–H and O–H groups in total. The van der Waals surface area contributed by atoms with Crippen molar-refractivity contribution in [2.75, 3.05) is 12.3 Å². The molecule has 0 spiro atoms. The van der Waals surface area contributed by atoms with E-state index in [2.05, 4.69) is 10.3 Å². The number of nitrogens with zero attached hydrogens (tertiary/aromatic N) is 1. The number of benzene rings is 1. The summed E-state index contributed by atoms with van der Waals surface area (Å²) in [6, 6.07) is 5.47. The Labute approximate surface area is 116 Å². The Morgan fingerprint density at radius 1 is 1.53 bits per heavy atom. The average molecular weight is 275 g/mol. The van der Waals surface area contributed by atoms with Gasteiger partial charge in [-0.1, -0.05) is 19.1 Å². The van der Waals surface area contributed by atoms with E-state index in [0.29, 0.717) is 17.8 Å². The van der Waals surface area contributed by atoms with E-state index in [-0.39, 0.29) is 11.8 Å². The fourth-order valence-corrected chi connectivity index (χ4v) is 2.48. The number of aryl methyl sites for hydroxylation is 1. The molecule has 5 heteroatoms. The number of hydrogen-bond donors (Lipinski definition) is 2. The number of carbonyl (C=O) groups is 1. The summed E-state index contributed by atoms with van der Waals surface area (Å²) >= 11 is 1.60. The number of aromatic nitrogens is 1. The maximum absolute atomic E-state index is 12.1. The van der Waals surface area contributed by atoms with E-state index < -0.39 is 0 Å². The van der Waals surface area contributed by atoms with Gasteiger partial charge < -0.3 is 11.1 Å². The molecule has 100 valence electrons. The molecule has 0 aliphatic heterocycles. The third-order valence-electron chi connectivity index (χ3n) is 3.01. The molecule has 1 unspecified atom stereocenters. The molecule has 0 aliphatic rings. The summed E-state index contributed by atoms with van der Waals surface area (Å²) < 4.78 is 0. The summed E-state index contributed by atoms with van der Waals surface area (Å²) in [5.41, 5.74) is 7.91. The molecule has 0 fully saturated rings. The normalized spacial score (nSPS) is 12.1. The Balaban J connectivity index is 2.00. The van der Waals surface area contributed by atoms with Gasteiger partial charge in [-0.25, -0.2) is 4.98 Å². The first kappa shape index (κ1) is 13.5. The largest absolute Gasteiger partial charge is 0.398 e. The van der Waals surface area contributed by atoms with Crippen LogP contribution in [-0.4, -0.2) is 17.4 Å². The molecular weight excluding hydrogens is 258 g/mol. The summed E-state index contributed by atoms with van der Waals surface area (Å²) in [6.45, 7) is 4.49. The molecule has 1 aromatic heterocycles. The lowest BCUT2D eigenvalue weighted by atomic mass is 10.1. The Morgan fingerprint density at radius 2 is 2.32 bits per heavy atom. The lowest BCUT2D eigenvalue weighted by molar-refractivity contribution is 0.0952. The molecule has 2 rings (SSSR count). The fourth-order valence-electron chi connectivity index (χ4n) is 1.78. The predicted octanol–water partition coefficient (Wildman–Crippen LogP) is 2.57. The first-order valence-electron chi connectivity index (χ1n) is 6.12. The molecule has 0 aliphatic carbocycles. The second-order valence-electron chi connectivity index (χ2n) is 4.52. The van der Waals surface area contributed by atoms with E-state index in [1.54, 1.807) is 23.6 Å². The number of carbonyl (C=O) groups excluding carboxylic acids is 1. The Morgan fingerprint density at radius 3 is 3.00 bits per heavy atom. The number of thiazole rings is 1. The van der Waals surface area contributed by atoms with Crippen LogP contribution >= 0.6 is 11.3 Å². The summed E-state index contributed by atoms with van der Waals surface area (Å²) in [4.78, 5) is 16.3. The van der Waals surface area contributed by atoms with Crippen molar-refractivity contribution in [3.8, 4) is 0 Å². The van der Waals surface area contributed by atoms with Crippen LogP contribution in [0.2, 0.25) is 0 Å². The number of amides is 1. The maximum atomic E-state index is 12.1. The third-order valence-corrected chi connectivity index (χ3v) is 4.02. The van der Waals surface area contributed by atoms with Crippen molar-refractivity contribution in [1.82, 2.24) is 10.3 Å². The Hall–Kier alpha value is -1.88. The van der Waals surface area contributed by atoms with Gasteiger partial charge in [-0.3, -0.25) is 4.79 Å². The van der Waals surface area contributed by atoms with E-state index >= 15 is 0 Å². The zero-order valence-corrected chi connectivity index (χ0v) is 11.8. The molecule has 1 amide bonds. The van der Waals surface area contributed by atoms with Gasteiger partial charge in [0.1, 0.15) is 0 Å². The highest BCUT2D eigenvalue weighted by Gasteiger charge is 2.13. The first-order valence-corrected chi connectivity index (χ1v) is 7.00. The molecule has 4 nitrogen and oxygen atoms in total. The second-order valence-corrected chi connectivity index (χ2v) is 5.44. The standard InChI is InChI=1S/C14H17N3OS/c1-9-4-3-5-11(12(9)15)13(18)17-8-10(2)14-16-6-7-19-14/h3-7,10H,8,15H2,1-2H3,(H,17,18). The molecule has 0 saturated carbocycles. The van der Waals surface area contributed by atoms with Crippen LogP contribution in [0.15, 0.2) is 29.8 Å². The predicted molar refractivity (Wildman–Crippen MR) is 78.5 cm³/mol. The Bertz CT molecular complexity index is 566. The van der Waals surface area contributed by atoms with Gasteiger partial charge in [-0.15, -0.1) is 11.3 Å². The van der Waals surface area contributed by atoms with Gasteiger partial charge >= 0.3 is 0 Å². The molecule has 1 atom stereocenters. The van der Waals surface area contributed by atoms with Crippen LogP contribution in [0.4, 0.5) is 5.69 Å². The smallest absolute Gasteiger partial charge is 0.253 e. The summed E-state index contributed by atoms with van der Waals surface area (Å²) in [6.07, 6.45) is 1.77. The SMILES string of the molecule is Cc1cccc(C(=O)NCC(C)c2nccs2)c1N. The van der Waals surface area contributed by atoms with Gasteiger partial charge in [0, 0.05) is 29.7 Å². The van der Waals surface area contributed by atoms with Crippen molar-refractivity contribution in [1.29, 1.82) is 0 Å². The molecule has 1 aromatic carbocycles. The minimum atomic E-state index is -0.135. The van der Waals surface area contributed by atoms with Crippen molar-refractivity contribution in [2.24, 2.45) is 0 Å². The van der Waals surface area contributed by atoms with Crippen molar-refractivity contribution in [2.45, 2.75) is 19.8 Å². The van der Waals surface area contributed by atoms with Gasteiger partial charge in [-0.05, 0) is 18.6 Å². The van der Waals surface area contributed by atoms with E-state index in [9.17, 15) is 4.79 Å². The first-order chi connectivity index (χ1) is 9.09. The van der Waals surface area contributed by atoms with E-state index in [1.807, 2.05) is 31.4 Å². The fraction of sp³-hybridized carbons (Fsp3) is 0.286. The minimum absolute atomic E-state index is 0.135. The molecule has 0 saturated heterocycles. The lowest BCUT2D eigenvalue weighted by Gasteiger charge is -2.12. The minimum Gasteiger partial charge on any atom is -0.398 e. The van der Waals surface area contributed by atoms with Crippen LogP contribution in [0.3, 0.4) is 0 Å². The molecular formula is C14H17N3OS. The molecule has 19 heavy (non-hydrogen) atoms. The number of nitrogens with one attached hydrogen (secondary N) is 1. The average Bonchev–Trinajstić information content (AvgIpc) is 2.93. The van der Waals surface area contributed by atoms with Crippen LogP contribution in [0.25, 0.3) is 0 Å². The van der Waals surface area contributed by atoms with E-state index in [4.69, 9.17) is 5.73 Å². The number of para-hydroxylation sites is 1. The van der Waals surface area contributed by atoms with Crippen LogP contribution < -0.4 is 11.1 Å². The summed E-state index contributed by atoms with van der Waals surface area (Å²) in [7, 11) is 0. The number of rotatable bonds is 4. The third kappa shape index (κ3) is 3.12. The number of nitrogens with two attached hydrogens (primary N) is 1. The topological polar surface area (TPSA) is 68.0 Å². The summed E-state index contributed by atoms with van der Waals surface area (Å²) in [5, 5.41) is 5.86. The molecule has 2 aromatic rings.